The summed E-state index contributed by atoms with van der Waals surface area (Å²) in [4.78, 5) is 35.2. The van der Waals surface area contributed by atoms with Crippen molar-refractivity contribution in [2.24, 2.45) is 0 Å². The van der Waals surface area contributed by atoms with Gasteiger partial charge in [0.15, 0.2) is 11.5 Å². The van der Waals surface area contributed by atoms with Crippen molar-refractivity contribution in [2.45, 2.75) is 19.1 Å². The summed E-state index contributed by atoms with van der Waals surface area (Å²) in [7, 11) is 0. The average Bonchev–Trinajstić information content (AvgIpc) is 3.38. The second kappa shape index (κ2) is 11.1. The zero-order chi connectivity index (χ0) is 22.1. The van der Waals surface area contributed by atoms with E-state index < -0.39 is 0 Å². The minimum Gasteiger partial charge on any atom is -0.483 e. The van der Waals surface area contributed by atoms with Gasteiger partial charge in [-0.3, -0.25) is 14.6 Å². The van der Waals surface area contributed by atoms with Crippen molar-refractivity contribution in [3.63, 3.8) is 0 Å². The molecule has 3 heterocycles. The Balaban J connectivity index is 0.000000858. The topological polar surface area (TPSA) is 142 Å². The number of aryl methyl sites for hydroxylation is 1. The molecule has 3 aromatic rings. The van der Waals surface area contributed by atoms with Gasteiger partial charge in [0.2, 0.25) is 12.7 Å². The van der Waals surface area contributed by atoms with E-state index in [1.807, 2.05) is 25.1 Å². The van der Waals surface area contributed by atoms with E-state index >= 15 is 0 Å². The van der Waals surface area contributed by atoms with Crippen molar-refractivity contribution in [2.75, 3.05) is 24.4 Å². The third-order valence-corrected chi connectivity index (χ3v) is 5.39. The number of nitrogens with one attached hydrogen (secondary N) is 3. The minimum atomic E-state index is -0.250. The van der Waals surface area contributed by atoms with E-state index in [1.54, 1.807) is 24.3 Å². The highest BCUT2D eigenvalue weighted by Gasteiger charge is 2.14. The van der Waals surface area contributed by atoms with Gasteiger partial charge in [0.25, 0.3) is 12.0 Å². The molecule has 164 valence electrons. The maximum Gasteiger partial charge on any atom is 0.290 e. The number of aromatic nitrogens is 4. The first kappa shape index (κ1) is 22.2. The number of nitrogens with zero attached hydrogens (tertiary/aromatic N) is 2. The van der Waals surface area contributed by atoms with Gasteiger partial charge in [-0.15, -0.1) is 0 Å². The van der Waals surface area contributed by atoms with E-state index in [1.165, 1.54) is 0 Å². The Labute approximate surface area is 182 Å². The molecule has 2 aromatic heterocycles. The summed E-state index contributed by atoms with van der Waals surface area (Å²) in [6.45, 7) is 2.71. The molecule has 31 heavy (non-hydrogen) atoms. The quantitative estimate of drug-likeness (QED) is 0.303. The van der Waals surface area contributed by atoms with Gasteiger partial charge in [-0.2, -0.15) is 11.8 Å². The maximum absolute atomic E-state index is 12.4. The molecule has 0 saturated carbocycles. The third kappa shape index (κ3) is 6.25. The van der Waals surface area contributed by atoms with Crippen LogP contribution in [0.15, 0.2) is 35.5 Å². The summed E-state index contributed by atoms with van der Waals surface area (Å²) in [6, 6.07) is 5.68. The zero-order valence-corrected chi connectivity index (χ0v) is 17.7. The Kier molecular flexibility index (Phi) is 7.93. The van der Waals surface area contributed by atoms with Crippen molar-refractivity contribution < 1.29 is 19.4 Å². The van der Waals surface area contributed by atoms with Gasteiger partial charge in [-0.25, -0.2) is 9.97 Å². The number of carbonyl (C=O) groups is 1. The van der Waals surface area contributed by atoms with E-state index in [0.29, 0.717) is 30.2 Å². The molecule has 0 radical (unpaired) electrons. The fourth-order valence-corrected chi connectivity index (χ4v) is 3.73. The van der Waals surface area contributed by atoms with Crippen LogP contribution in [0.3, 0.4) is 0 Å². The van der Waals surface area contributed by atoms with Gasteiger partial charge < -0.3 is 24.9 Å². The Bertz CT molecular complexity index is 1070. The minimum absolute atomic E-state index is 0.144. The van der Waals surface area contributed by atoms with Crippen LogP contribution in [0.4, 0.5) is 5.95 Å². The number of hydrogen-bond acceptors (Lipinski definition) is 8. The Morgan fingerprint density at radius 1 is 1.29 bits per heavy atom. The zero-order valence-electron chi connectivity index (χ0n) is 16.9. The van der Waals surface area contributed by atoms with Crippen LogP contribution in [0.1, 0.15) is 22.5 Å². The van der Waals surface area contributed by atoms with Gasteiger partial charge in [0, 0.05) is 41.9 Å². The average molecular weight is 446 g/mol. The summed E-state index contributed by atoms with van der Waals surface area (Å²) in [5.41, 5.74) is 3.61. The predicted molar refractivity (Wildman–Crippen MR) is 117 cm³/mol. The molecule has 1 aromatic carbocycles. The summed E-state index contributed by atoms with van der Waals surface area (Å²) in [5, 5.41) is 10.0. The van der Waals surface area contributed by atoms with Crippen LogP contribution >= 0.6 is 11.8 Å². The monoisotopic (exact) mass is 445 g/mol. The normalized spacial score (nSPS) is 11.5. The molecule has 0 fully saturated rings. The first-order valence-corrected chi connectivity index (χ1v) is 10.6. The summed E-state index contributed by atoms with van der Waals surface area (Å²) < 4.78 is 10.7. The predicted octanol–water partition coefficient (Wildman–Crippen LogP) is 2.17. The lowest BCUT2D eigenvalue weighted by Gasteiger charge is -2.07. The summed E-state index contributed by atoms with van der Waals surface area (Å²) >= 11 is 1.78. The number of carboxylic acid groups (broad SMARTS) is 1. The van der Waals surface area contributed by atoms with Crippen molar-refractivity contribution >= 4 is 24.2 Å². The highest BCUT2D eigenvalue weighted by atomic mass is 32.2. The van der Waals surface area contributed by atoms with E-state index in [9.17, 15) is 4.79 Å². The van der Waals surface area contributed by atoms with Gasteiger partial charge >= 0.3 is 0 Å². The Morgan fingerprint density at radius 3 is 2.84 bits per heavy atom. The third-order valence-electron chi connectivity index (χ3n) is 4.42. The first-order valence-electron chi connectivity index (χ1n) is 9.45. The van der Waals surface area contributed by atoms with Gasteiger partial charge in [-0.05, 0) is 24.6 Å². The smallest absolute Gasteiger partial charge is 0.290 e. The number of anilines is 1. The van der Waals surface area contributed by atoms with Crippen molar-refractivity contribution in [3.05, 3.63) is 63.6 Å². The van der Waals surface area contributed by atoms with Crippen LogP contribution in [-0.4, -0.2) is 50.6 Å². The van der Waals surface area contributed by atoms with Gasteiger partial charge in [0.05, 0.1) is 12.0 Å². The molecule has 1 aliphatic rings. The number of fused-ring (bicyclic) bond motifs is 1. The Morgan fingerprint density at radius 2 is 2.10 bits per heavy atom. The molecule has 4 N–H and O–H groups in total. The maximum atomic E-state index is 12.4. The van der Waals surface area contributed by atoms with Crippen LogP contribution < -0.4 is 20.3 Å². The Hall–Kier alpha value is -3.47. The molecule has 4 rings (SSSR count). The number of imidazole rings is 1. The molecule has 0 unspecified atom stereocenters. The standard InChI is InChI=1S/C19H21N5O3S.CH2O2/c1-12-15(23-10-22-12)9-28-5-4-20-19-21-8-14(18(25)24-19)6-13-2-3-16-17(7-13)27-11-26-16;2-1-3/h2-3,7-8,10H,4-6,9,11H2,1H3,(H,22,23)(H2,20,21,24,25);1H,(H,2,3). The lowest BCUT2D eigenvalue weighted by atomic mass is 10.1. The van der Waals surface area contributed by atoms with Crippen LogP contribution in [0.5, 0.6) is 11.5 Å². The molecule has 0 aliphatic carbocycles. The number of thioether (sulfide) groups is 1. The van der Waals surface area contributed by atoms with E-state index in [0.717, 1.165) is 34.2 Å². The first-order chi connectivity index (χ1) is 15.1. The molecular weight excluding hydrogens is 422 g/mol. The highest BCUT2D eigenvalue weighted by Crippen LogP contribution is 2.32. The van der Waals surface area contributed by atoms with Crippen molar-refractivity contribution in [1.82, 2.24) is 19.9 Å². The molecule has 0 saturated heterocycles. The van der Waals surface area contributed by atoms with Crippen molar-refractivity contribution in [3.8, 4) is 11.5 Å². The molecule has 10 nitrogen and oxygen atoms in total. The molecule has 0 atom stereocenters. The molecule has 0 spiro atoms. The van der Waals surface area contributed by atoms with Crippen LogP contribution in [0.25, 0.3) is 0 Å². The number of ether oxygens (including phenoxy) is 2. The van der Waals surface area contributed by atoms with Crippen LogP contribution in [-0.2, 0) is 17.0 Å². The fraction of sp³-hybridized carbons (Fsp3) is 0.300. The van der Waals surface area contributed by atoms with Crippen molar-refractivity contribution in [1.29, 1.82) is 0 Å². The molecule has 0 bridgehead atoms. The van der Waals surface area contributed by atoms with E-state index in [2.05, 4.69) is 25.3 Å². The lowest BCUT2D eigenvalue weighted by Crippen LogP contribution is -2.18. The fourth-order valence-electron chi connectivity index (χ4n) is 2.85. The number of H-pyrrole nitrogens is 2. The second-order valence-electron chi connectivity index (χ2n) is 6.51. The second-order valence-corrected chi connectivity index (χ2v) is 7.61. The van der Waals surface area contributed by atoms with Crippen LogP contribution in [0.2, 0.25) is 0 Å². The SMILES string of the molecule is Cc1[nH]cnc1CSCCNc1ncc(Cc2ccc3c(c2)OCO3)c(=O)[nH]1.O=CO. The van der Waals surface area contributed by atoms with Gasteiger partial charge in [0.1, 0.15) is 0 Å². The highest BCUT2D eigenvalue weighted by molar-refractivity contribution is 7.98. The number of aromatic amines is 2. The van der Waals surface area contributed by atoms with E-state index in [-0.39, 0.29) is 18.8 Å². The number of rotatable bonds is 8. The summed E-state index contributed by atoms with van der Waals surface area (Å²) in [6.07, 6.45) is 3.81. The van der Waals surface area contributed by atoms with Crippen LogP contribution in [0, 0.1) is 6.92 Å². The van der Waals surface area contributed by atoms with Gasteiger partial charge in [-0.1, -0.05) is 6.07 Å². The van der Waals surface area contributed by atoms with E-state index in [4.69, 9.17) is 19.4 Å². The molecular formula is C20H23N5O5S. The molecule has 11 heteroatoms. The largest absolute Gasteiger partial charge is 0.483 e. The lowest BCUT2D eigenvalue weighted by molar-refractivity contribution is -0.122. The molecule has 1 aliphatic heterocycles. The molecule has 0 amide bonds. The number of hydrogen-bond donors (Lipinski definition) is 4. The number of benzene rings is 1. The summed E-state index contributed by atoms with van der Waals surface area (Å²) in [5.74, 6) is 3.67.